The molecule has 150 valence electrons. The first-order chi connectivity index (χ1) is 14.1. The van der Waals surface area contributed by atoms with E-state index in [0.717, 1.165) is 13.1 Å². The monoisotopic (exact) mass is 403 g/mol. The zero-order chi connectivity index (χ0) is 20.1. The predicted octanol–water partition coefficient (Wildman–Crippen LogP) is 5.49. The standard InChI is InChI=1S/C26H30NOP/c1-26(2,25-19-12-20-27(25)21-22-13-6-3-7-14-22)28-29(23-15-8-4-9-16-23)24-17-10-5-11-18-24/h3-11,13-18,25H,12,19-21H2,1-2H3/t25-/m0/s1. The van der Waals surface area contributed by atoms with Gasteiger partial charge in [-0.15, -0.1) is 0 Å². The third-order valence-electron chi connectivity index (χ3n) is 5.70. The molecule has 1 aliphatic heterocycles. The molecule has 0 spiro atoms. The fourth-order valence-corrected chi connectivity index (χ4v) is 6.29. The summed E-state index contributed by atoms with van der Waals surface area (Å²) < 4.78 is 6.99. The fraction of sp³-hybridized carbons (Fsp3) is 0.308. The molecule has 3 aromatic rings. The lowest BCUT2D eigenvalue weighted by Crippen LogP contribution is -2.47. The Hall–Kier alpha value is -1.99. The third kappa shape index (κ3) is 4.95. The van der Waals surface area contributed by atoms with Crippen molar-refractivity contribution in [2.24, 2.45) is 0 Å². The fourth-order valence-electron chi connectivity index (χ4n) is 4.30. The summed E-state index contributed by atoms with van der Waals surface area (Å²) in [5, 5.41) is 2.55. The van der Waals surface area contributed by atoms with Crippen LogP contribution in [0.1, 0.15) is 32.3 Å². The van der Waals surface area contributed by atoms with Crippen LogP contribution in [0.25, 0.3) is 0 Å². The summed E-state index contributed by atoms with van der Waals surface area (Å²) in [4.78, 5) is 2.61. The summed E-state index contributed by atoms with van der Waals surface area (Å²) in [6.07, 6.45) is 2.42. The molecule has 1 aliphatic rings. The van der Waals surface area contributed by atoms with Crippen LogP contribution < -0.4 is 10.6 Å². The van der Waals surface area contributed by atoms with Gasteiger partial charge in [0.1, 0.15) is 0 Å². The lowest BCUT2D eigenvalue weighted by molar-refractivity contribution is 0.0287. The number of hydrogen-bond donors (Lipinski definition) is 0. The van der Waals surface area contributed by atoms with Crippen molar-refractivity contribution in [3.8, 4) is 0 Å². The largest absolute Gasteiger partial charge is 0.342 e. The molecule has 0 aliphatic carbocycles. The molecule has 29 heavy (non-hydrogen) atoms. The highest BCUT2D eigenvalue weighted by Gasteiger charge is 2.40. The Labute approximate surface area is 176 Å². The minimum absolute atomic E-state index is 0.233. The van der Waals surface area contributed by atoms with Crippen molar-refractivity contribution in [1.82, 2.24) is 4.90 Å². The molecule has 0 radical (unpaired) electrons. The first kappa shape index (κ1) is 20.3. The Bertz CT molecular complexity index is 843. The third-order valence-corrected chi connectivity index (χ3v) is 7.89. The van der Waals surface area contributed by atoms with E-state index < -0.39 is 8.15 Å². The van der Waals surface area contributed by atoms with Gasteiger partial charge in [-0.2, -0.15) is 0 Å². The van der Waals surface area contributed by atoms with E-state index in [9.17, 15) is 0 Å². The van der Waals surface area contributed by atoms with Crippen LogP contribution >= 0.6 is 8.15 Å². The molecule has 4 rings (SSSR count). The van der Waals surface area contributed by atoms with E-state index in [1.807, 2.05) is 0 Å². The zero-order valence-corrected chi connectivity index (χ0v) is 18.3. The number of hydrogen-bond acceptors (Lipinski definition) is 2. The van der Waals surface area contributed by atoms with E-state index in [4.69, 9.17) is 4.52 Å². The Balaban J connectivity index is 1.57. The molecule has 0 amide bonds. The number of nitrogens with zero attached hydrogens (tertiary/aromatic N) is 1. The van der Waals surface area contributed by atoms with Gasteiger partial charge in [-0.05, 0) is 38.8 Å². The Morgan fingerprint density at radius 3 is 1.90 bits per heavy atom. The molecule has 1 heterocycles. The molecule has 0 N–H and O–H groups in total. The van der Waals surface area contributed by atoms with E-state index in [1.165, 1.54) is 29.0 Å². The van der Waals surface area contributed by atoms with Crippen molar-refractivity contribution in [2.45, 2.75) is 44.9 Å². The number of likely N-dealkylation sites (tertiary alicyclic amines) is 1. The summed E-state index contributed by atoms with van der Waals surface area (Å²) in [5.41, 5.74) is 1.14. The molecule has 3 aromatic carbocycles. The zero-order valence-electron chi connectivity index (χ0n) is 17.4. The molecule has 0 unspecified atom stereocenters. The topological polar surface area (TPSA) is 12.5 Å². The van der Waals surface area contributed by atoms with Gasteiger partial charge in [0.15, 0.2) is 0 Å². The van der Waals surface area contributed by atoms with Gasteiger partial charge < -0.3 is 4.52 Å². The highest BCUT2D eigenvalue weighted by Crippen LogP contribution is 2.43. The minimum atomic E-state index is -0.860. The predicted molar refractivity (Wildman–Crippen MR) is 124 cm³/mol. The molecule has 1 atom stereocenters. The summed E-state index contributed by atoms with van der Waals surface area (Å²) in [5.74, 6) is 0. The molecule has 1 saturated heterocycles. The molecule has 2 nitrogen and oxygen atoms in total. The SMILES string of the molecule is CC(C)(OP(c1ccccc1)c1ccccc1)[C@@H]1CCCN1Cc1ccccc1. The van der Waals surface area contributed by atoms with Crippen molar-refractivity contribution in [3.63, 3.8) is 0 Å². The Kier molecular flexibility index (Phi) is 6.45. The lowest BCUT2D eigenvalue weighted by Gasteiger charge is -2.40. The molecular formula is C26H30NOP. The first-order valence-corrected chi connectivity index (χ1v) is 11.8. The minimum Gasteiger partial charge on any atom is -0.342 e. The van der Waals surface area contributed by atoms with Crippen LogP contribution in [0.2, 0.25) is 0 Å². The normalized spacial score (nSPS) is 17.7. The van der Waals surface area contributed by atoms with Crippen LogP contribution in [0.4, 0.5) is 0 Å². The number of rotatable bonds is 7. The van der Waals surface area contributed by atoms with Gasteiger partial charge in [0.05, 0.1) is 13.7 Å². The average molecular weight is 404 g/mol. The number of benzene rings is 3. The van der Waals surface area contributed by atoms with E-state index in [2.05, 4.69) is 110 Å². The molecule has 0 saturated carbocycles. The Morgan fingerprint density at radius 2 is 1.34 bits per heavy atom. The first-order valence-electron chi connectivity index (χ1n) is 10.5. The van der Waals surface area contributed by atoms with Gasteiger partial charge in [0, 0.05) is 23.2 Å². The van der Waals surface area contributed by atoms with Crippen molar-refractivity contribution in [3.05, 3.63) is 96.6 Å². The van der Waals surface area contributed by atoms with Gasteiger partial charge in [0.2, 0.25) is 0 Å². The van der Waals surface area contributed by atoms with Crippen LogP contribution in [0, 0.1) is 0 Å². The second-order valence-electron chi connectivity index (χ2n) is 8.27. The van der Waals surface area contributed by atoms with Crippen molar-refractivity contribution >= 4 is 18.8 Å². The van der Waals surface area contributed by atoms with Gasteiger partial charge in [-0.1, -0.05) is 91.0 Å². The van der Waals surface area contributed by atoms with E-state index in [-0.39, 0.29) is 5.60 Å². The molecular weight excluding hydrogens is 373 g/mol. The highest BCUT2D eigenvalue weighted by molar-refractivity contribution is 7.68. The van der Waals surface area contributed by atoms with Crippen molar-refractivity contribution < 1.29 is 4.52 Å². The summed E-state index contributed by atoms with van der Waals surface area (Å²) in [7, 11) is -0.860. The average Bonchev–Trinajstić information content (AvgIpc) is 3.23. The maximum atomic E-state index is 6.99. The summed E-state index contributed by atoms with van der Waals surface area (Å²) >= 11 is 0. The summed E-state index contributed by atoms with van der Waals surface area (Å²) in [6, 6.07) is 32.6. The van der Waals surface area contributed by atoms with Crippen LogP contribution in [0.5, 0.6) is 0 Å². The molecule has 0 aromatic heterocycles. The maximum absolute atomic E-state index is 6.99. The molecule has 0 bridgehead atoms. The second-order valence-corrected chi connectivity index (χ2v) is 10.1. The molecule has 3 heteroatoms. The second kappa shape index (κ2) is 9.22. The van der Waals surface area contributed by atoms with Crippen molar-refractivity contribution in [1.29, 1.82) is 0 Å². The maximum Gasteiger partial charge on any atom is 0.0926 e. The van der Waals surface area contributed by atoms with Crippen LogP contribution in [-0.2, 0) is 11.1 Å². The quantitative estimate of drug-likeness (QED) is 0.484. The van der Waals surface area contributed by atoms with E-state index in [1.54, 1.807) is 0 Å². The molecule has 1 fully saturated rings. The van der Waals surface area contributed by atoms with E-state index in [0.29, 0.717) is 6.04 Å². The van der Waals surface area contributed by atoms with Gasteiger partial charge >= 0.3 is 0 Å². The van der Waals surface area contributed by atoms with Crippen LogP contribution in [0.3, 0.4) is 0 Å². The summed E-state index contributed by atoms with van der Waals surface area (Å²) in [6.45, 7) is 6.69. The Morgan fingerprint density at radius 1 is 0.828 bits per heavy atom. The lowest BCUT2D eigenvalue weighted by atomic mass is 9.96. The van der Waals surface area contributed by atoms with Crippen molar-refractivity contribution in [2.75, 3.05) is 6.54 Å². The van der Waals surface area contributed by atoms with Crippen LogP contribution in [0.15, 0.2) is 91.0 Å². The van der Waals surface area contributed by atoms with Gasteiger partial charge in [0.25, 0.3) is 0 Å². The smallest absolute Gasteiger partial charge is 0.0926 e. The van der Waals surface area contributed by atoms with Gasteiger partial charge in [-0.25, -0.2) is 0 Å². The van der Waals surface area contributed by atoms with E-state index >= 15 is 0 Å². The highest BCUT2D eigenvalue weighted by atomic mass is 31.1. The van der Waals surface area contributed by atoms with Crippen LogP contribution in [-0.4, -0.2) is 23.1 Å². The van der Waals surface area contributed by atoms with Gasteiger partial charge in [-0.3, -0.25) is 4.90 Å².